The van der Waals surface area contributed by atoms with Crippen LogP contribution in [0.25, 0.3) is 11.2 Å². The fourth-order valence-corrected chi connectivity index (χ4v) is 8.40. The number of carbonyl (C=O) groups excluding carboxylic acids is 3. The number of fused-ring (bicyclic) bond motifs is 1. The number of phosphoric ester groups is 3. The van der Waals surface area contributed by atoms with Gasteiger partial charge < -0.3 is 56.0 Å². The molecule has 1 aliphatic rings. The highest BCUT2D eigenvalue weighted by molar-refractivity contribution is 8.13. The second-order valence-corrected chi connectivity index (χ2v) is 18.2. The predicted octanol–water partition coefficient (Wildman–Crippen LogP) is -1.53. The number of hydrogen-bond donors (Lipinski definition) is 10. The number of nitrogens with two attached hydrogens (primary N) is 1. The first kappa shape index (κ1) is 46.9. The van der Waals surface area contributed by atoms with Crippen LogP contribution in [-0.2, 0) is 56.4 Å². The van der Waals surface area contributed by atoms with E-state index in [1.54, 1.807) is 6.92 Å². The predicted molar refractivity (Wildman–Crippen MR) is 188 cm³/mol. The van der Waals surface area contributed by atoms with Crippen molar-refractivity contribution in [3.63, 3.8) is 0 Å². The molecule has 312 valence electrons. The summed E-state index contributed by atoms with van der Waals surface area (Å²) < 4.78 is 62.5. The third-order valence-electron chi connectivity index (χ3n) is 7.91. The number of hydrogen-bond acceptors (Lipinski definition) is 19. The Morgan fingerprint density at radius 2 is 1.75 bits per heavy atom. The van der Waals surface area contributed by atoms with Gasteiger partial charge in [0.2, 0.25) is 11.8 Å². The van der Waals surface area contributed by atoms with Gasteiger partial charge in [-0.15, -0.1) is 0 Å². The first-order valence-electron chi connectivity index (χ1n) is 16.0. The Bertz CT molecular complexity index is 1830. The van der Waals surface area contributed by atoms with Gasteiger partial charge in [0.1, 0.15) is 36.3 Å². The van der Waals surface area contributed by atoms with Gasteiger partial charge in [-0.1, -0.05) is 32.5 Å². The third kappa shape index (κ3) is 13.0. The van der Waals surface area contributed by atoms with Gasteiger partial charge in [0.05, 0.1) is 26.1 Å². The Labute approximate surface area is 317 Å². The molecule has 1 saturated heterocycles. The monoisotopic (exact) mass is 867 g/mol. The molecule has 8 unspecified atom stereocenters. The Morgan fingerprint density at radius 1 is 1.09 bits per heavy atom. The van der Waals surface area contributed by atoms with Crippen LogP contribution in [0, 0.1) is 11.3 Å². The van der Waals surface area contributed by atoms with Gasteiger partial charge in [0, 0.05) is 36.6 Å². The number of rotatable bonds is 21. The van der Waals surface area contributed by atoms with Crippen molar-refractivity contribution in [1.82, 2.24) is 30.2 Å². The minimum Gasteiger partial charge on any atom is -0.396 e. The second-order valence-electron chi connectivity index (χ2n) is 12.9. The number of amides is 2. The second kappa shape index (κ2) is 18.9. The minimum atomic E-state index is -5.60. The normalized spacial score (nSPS) is 23.8. The highest BCUT2D eigenvalue weighted by Crippen LogP contribution is 2.61. The summed E-state index contributed by atoms with van der Waals surface area (Å²) in [6.45, 7) is 2.84. The molecule has 2 aromatic rings. The molecule has 1 fully saturated rings. The molecule has 0 saturated carbocycles. The number of anilines is 1. The van der Waals surface area contributed by atoms with E-state index in [1.165, 1.54) is 20.8 Å². The quantitative estimate of drug-likeness (QED) is 0.0502. The highest BCUT2D eigenvalue weighted by atomic mass is 32.2. The molecule has 29 heteroatoms. The first-order valence-corrected chi connectivity index (χ1v) is 21.5. The summed E-state index contributed by atoms with van der Waals surface area (Å²) in [6, 6.07) is 0. The molecule has 3 rings (SSSR count). The molecule has 0 bridgehead atoms. The van der Waals surface area contributed by atoms with E-state index in [-0.39, 0.29) is 54.0 Å². The van der Waals surface area contributed by atoms with E-state index in [9.17, 15) is 57.9 Å². The van der Waals surface area contributed by atoms with Crippen LogP contribution in [0.1, 0.15) is 34.1 Å². The van der Waals surface area contributed by atoms with Crippen LogP contribution < -0.4 is 16.4 Å². The number of nitrogens with zero attached hydrogens (tertiary/aromatic N) is 4. The van der Waals surface area contributed by atoms with E-state index in [0.29, 0.717) is 0 Å². The zero-order valence-electron chi connectivity index (χ0n) is 29.7. The molecular weight excluding hydrogens is 823 g/mol. The van der Waals surface area contributed by atoms with E-state index in [1.807, 2.05) is 0 Å². The Kier molecular flexibility index (Phi) is 16.1. The van der Waals surface area contributed by atoms with Crippen LogP contribution >= 0.6 is 35.2 Å². The maximum Gasteiger partial charge on any atom is 0.481 e. The van der Waals surface area contributed by atoms with Crippen molar-refractivity contribution in [2.45, 2.75) is 64.3 Å². The van der Waals surface area contributed by atoms with Gasteiger partial charge in [-0.25, -0.2) is 28.6 Å². The van der Waals surface area contributed by atoms with Crippen molar-refractivity contribution in [2.24, 2.45) is 11.3 Å². The largest absolute Gasteiger partial charge is 0.481 e. The SMILES string of the molecule is CC(CO)C(=O)SCCNC(=O)CCNC(=O)C(O)C(C)(C)COP(=O)(O)OP(=O)(O)OCC1OC(C)(n2cnc3c(N)ncnc32)C(O)C1OP(=O)(O)O. The zero-order valence-corrected chi connectivity index (χ0v) is 33.2. The van der Waals surface area contributed by atoms with Crippen LogP contribution in [0.2, 0.25) is 0 Å². The maximum absolute atomic E-state index is 12.7. The molecule has 1 aliphatic heterocycles. The average Bonchev–Trinajstić information content (AvgIpc) is 3.63. The van der Waals surface area contributed by atoms with Gasteiger partial charge >= 0.3 is 23.5 Å². The molecule has 2 amide bonds. The molecule has 0 aliphatic carbocycles. The van der Waals surface area contributed by atoms with Gasteiger partial charge in [0.25, 0.3) is 0 Å². The van der Waals surface area contributed by atoms with Crippen molar-refractivity contribution in [2.75, 3.05) is 44.4 Å². The molecular formula is C26H44N7O18P3S. The van der Waals surface area contributed by atoms with E-state index in [2.05, 4.69) is 29.9 Å². The van der Waals surface area contributed by atoms with Crippen LogP contribution in [0.5, 0.6) is 0 Å². The summed E-state index contributed by atoms with van der Waals surface area (Å²) in [4.78, 5) is 87.4. The summed E-state index contributed by atoms with van der Waals surface area (Å²) in [5.74, 6) is -1.81. The summed E-state index contributed by atoms with van der Waals surface area (Å²) in [7, 11) is -16.5. The van der Waals surface area contributed by atoms with Gasteiger partial charge in [-0.2, -0.15) is 4.31 Å². The lowest BCUT2D eigenvalue weighted by atomic mass is 9.87. The van der Waals surface area contributed by atoms with Crippen LogP contribution in [-0.4, -0.2) is 134 Å². The lowest BCUT2D eigenvalue weighted by molar-refractivity contribution is -0.137. The smallest absolute Gasteiger partial charge is 0.396 e. The van der Waals surface area contributed by atoms with E-state index < -0.39 is 90.0 Å². The lowest BCUT2D eigenvalue weighted by Crippen LogP contribution is -2.46. The Balaban J connectivity index is 1.54. The highest BCUT2D eigenvalue weighted by Gasteiger charge is 2.57. The first-order chi connectivity index (χ1) is 25.3. The van der Waals surface area contributed by atoms with Crippen molar-refractivity contribution in [3.8, 4) is 0 Å². The van der Waals surface area contributed by atoms with Gasteiger partial charge in [-0.3, -0.25) is 32.5 Å². The van der Waals surface area contributed by atoms with Crippen LogP contribution in [0.3, 0.4) is 0 Å². The number of aliphatic hydroxyl groups is 3. The van der Waals surface area contributed by atoms with Crippen LogP contribution in [0.15, 0.2) is 12.7 Å². The topological polar surface area (TPSA) is 384 Å². The number of carbonyl (C=O) groups is 3. The molecule has 11 N–H and O–H groups in total. The number of aromatic nitrogens is 4. The lowest BCUT2D eigenvalue weighted by Gasteiger charge is -2.30. The number of phosphoric acid groups is 3. The fourth-order valence-electron chi connectivity index (χ4n) is 4.81. The van der Waals surface area contributed by atoms with E-state index in [0.717, 1.165) is 29.0 Å². The molecule has 8 atom stereocenters. The summed E-state index contributed by atoms with van der Waals surface area (Å²) >= 11 is 0.943. The number of imidazole rings is 1. The van der Waals surface area contributed by atoms with Crippen molar-refractivity contribution < 1.29 is 85.6 Å². The number of aliphatic hydroxyl groups excluding tert-OH is 3. The molecule has 55 heavy (non-hydrogen) atoms. The third-order valence-corrected chi connectivity index (χ3v) is 12.1. The molecule has 0 aromatic carbocycles. The Morgan fingerprint density at radius 3 is 2.38 bits per heavy atom. The molecule has 0 spiro atoms. The summed E-state index contributed by atoms with van der Waals surface area (Å²) in [6.07, 6.45) is -5.57. The van der Waals surface area contributed by atoms with Crippen LogP contribution in [0.4, 0.5) is 5.82 Å². The zero-order chi connectivity index (χ0) is 41.6. The molecule has 0 radical (unpaired) electrons. The molecule has 3 heterocycles. The average molecular weight is 868 g/mol. The fraction of sp³-hybridized carbons (Fsp3) is 0.692. The maximum atomic E-state index is 12.7. The van der Waals surface area contributed by atoms with E-state index in [4.69, 9.17) is 29.1 Å². The van der Waals surface area contributed by atoms with Crippen molar-refractivity contribution in [3.05, 3.63) is 12.7 Å². The number of nitrogen functional groups attached to an aromatic ring is 1. The Hall–Kier alpha value is -2.48. The molecule has 25 nitrogen and oxygen atoms in total. The van der Waals surface area contributed by atoms with Gasteiger partial charge in [-0.05, 0) is 6.92 Å². The van der Waals surface area contributed by atoms with E-state index >= 15 is 0 Å². The minimum absolute atomic E-state index is 0.0143. The standard InChI is InChI=1S/C26H44N7O18P3S/c1-14(9-34)24(39)55-8-7-28-16(35)5-6-29-23(38)20(37)25(2,3)11-48-54(45,46)51-53(43,44)47-10-15-18(50-52(40,41)42)19(36)26(4,49-15)33-13-32-17-21(27)30-12-31-22(17)33/h12-15,18-20,34,36-37H,5-11H2,1-4H3,(H,28,35)(H,29,38)(H,43,44)(H,45,46)(H2,27,30,31)(H2,40,41,42). The van der Waals surface area contributed by atoms with Gasteiger partial charge in [0.15, 0.2) is 22.3 Å². The number of nitrogens with one attached hydrogen (secondary N) is 2. The number of ether oxygens (including phenoxy) is 1. The van der Waals surface area contributed by atoms with Crippen molar-refractivity contribution >= 4 is 69.1 Å². The number of thioether (sulfide) groups is 1. The van der Waals surface area contributed by atoms with Crippen molar-refractivity contribution in [1.29, 1.82) is 0 Å². The molecule has 2 aromatic heterocycles. The summed E-state index contributed by atoms with van der Waals surface area (Å²) in [5.41, 5.74) is 2.27. The summed E-state index contributed by atoms with van der Waals surface area (Å²) in [5, 5.41) is 35.2.